The molecule has 0 bridgehead atoms. The lowest BCUT2D eigenvalue weighted by Gasteiger charge is -2.25. The van der Waals surface area contributed by atoms with E-state index in [1.807, 2.05) is 0 Å². The summed E-state index contributed by atoms with van der Waals surface area (Å²) < 4.78 is 0. The Balaban J connectivity index is 3.20. The van der Waals surface area contributed by atoms with Gasteiger partial charge in [-0.05, 0) is 37.0 Å². The lowest BCUT2D eigenvalue weighted by atomic mass is 10.0. The summed E-state index contributed by atoms with van der Waals surface area (Å²) in [5.74, 6) is -6.54. The highest BCUT2D eigenvalue weighted by Gasteiger charge is 2.31. The SMILES string of the molecule is NC(=O)CCC(NC(=O)C(CCCN=C(N)N)NC(=O)C(Cc1ccc(O)cc1)NC(=O)C(N)CC(=O)O)C(=O)O. The molecule has 0 heterocycles. The molecule has 1 aromatic carbocycles. The summed E-state index contributed by atoms with van der Waals surface area (Å²) >= 11 is 0. The fourth-order valence-corrected chi connectivity index (χ4v) is 3.50. The third-order valence-corrected chi connectivity index (χ3v) is 5.61. The summed E-state index contributed by atoms with van der Waals surface area (Å²) in [7, 11) is 0. The van der Waals surface area contributed by atoms with Crippen LogP contribution in [0, 0.1) is 0 Å². The number of carbonyl (C=O) groups excluding carboxylic acids is 4. The number of phenols is 1. The Morgan fingerprint density at radius 1 is 0.805 bits per heavy atom. The Morgan fingerprint density at radius 2 is 1.37 bits per heavy atom. The van der Waals surface area contributed by atoms with E-state index in [-0.39, 0.29) is 50.4 Å². The van der Waals surface area contributed by atoms with Crippen molar-refractivity contribution in [2.24, 2.45) is 27.9 Å². The van der Waals surface area contributed by atoms with Gasteiger partial charge < -0.3 is 54.2 Å². The summed E-state index contributed by atoms with van der Waals surface area (Å²) in [6.45, 7) is 0.0731. The zero-order chi connectivity index (χ0) is 31.1. The number of aromatic hydroxyl groups is 1. The first-order valence-electron chi connectivity index (χ1n) is 12.4. The number of carboxylic acids is 2. The van der Waals surface area contributed by atoms with Crippen LogP contribution >= 0.6 is 0 Å². The molecule has 4 amide bonds. The van der Waals surface area contributed by atoms with Gasteiger partial charge in [0.25, 0.3) is 0 Å². The first-order chi connectivity index (χ1) is 19.2. The Kier molecular flexibility index (Phi) is 14.1. The van der Waals surface area contributed by atoms with Crippen LogP contribution in [0.5, 0.6) is 5.75 Å². The van der Waals surface area contributed by atoms with Crippen molar-refractivity contribution in [3.8, 4) is 5.75 Å². The molecule has 0 saturated heterocycles. The third-order valence-electron chi connectivity index (χ3n) is 5.61. The van der Waals surface area contributed by atoms with Crippen molar-refractivity contribution in [2.45, 2.75) is 62.7 Å². The van der Waals surface area contributed by atoms with E-state index >= 15 is 0 Å². The largest absolute Gasteiger partial charge is 0.508 e. The van der Waals surface area contributed by atoms with Gasteiger partial charge in [-0.25, -0.2) is 4.79 Å². The average Bonchev–Trinajstić information content (AvgIpc) is 2.87. The number of hydrogen-bond acceptors (Lipinski definition) is 9. The Bertz CT molecular complexity index is 1120. The maximum atomic E-state index is 13.3. The van der Waals surface area contributed by atoms with Crippen molar-refractivity contribution in [3.63, 3.8) is 0 Å². The maximum absolute atomic E-state index is 13.3. The van der Waals surface area contributed by atoms with Crippen LogP contribution in [-0.4, -0.2) is 87.6 Å². The lowest BCUT2D eigenvalue weighted by molar-refractivity contribution is -0.142. The monoisotopic (exact) mass is 580 g/mol. The second-order valence-electron chi connectivity index (χ2n) is 9.05. The summed E-state index contributed by atoms with van der Waals surface area (Å²) in [6, 6.07) is -0.00963. The number of carbonyl (C=O) groups is 6. The van der Waals surface area contributed by atoms with Gasteiger partial charge in [0.05, 0.1) is 12.5 Å². The molecule has 4 unspecified atom stereocenters. The van der Waals surface area contributed by atoms with Gasteiger partial charge >= 0.3 is 11.9 Å². The molecule has 1 rings (SSSR count). The minimum Gasteiger partial charge on any atom is -0.508 e. The molecule has 0 fully saturated rings. The van der Waals surface area contributed by atoms with E-state index in [1.165, 1.54) is 24.3 Å². The molecule has 4 atom stereocenters. The number of carboxylic acid groups (broad SMARTS) is 2. The van der Waals surface area contributed by atoms with E-state index in [0.717, 1.165) is 0 Å². The normalized spacial score (nSPS) is 13.5. The Morgan fingerprint density at radius 3 is 1.90 bits per heavy atom. The predicted molar refractivity (Wildman–Crippen MR) is 144 cm³/mol. The van der Waals surface area contributed by atoms with Crippen molar-refractivity contribution in [3.05, 3.63) is 29.8 Å². The van der Waals surface area contributed by atoms with Crippen LogP contribution < -0.4 is 38.9 Å². The molecule has 0 aliphatic heterocycles. The molecule has 226 valence electrons. The minimum absolute atomic E-state index is 0.0518. The maximum Gasteiger partial charge on any atom is 0.326 e. The molecule has 17 nitrogen and oxygen atoms in total. The van der Waals surface area contributed by atoms with Crippen molar-refractivity contribution in [1.29, 1.82) is 0 Å². The number of nitrogens with zero attached hydrogens (tertiary/aromatic N) is 1. The van der Waals surface area contributed by atoms with Gasteiger partial charge in [-0.15, -0.1) is 0 Å². The number of guanidine groups is 1. The molecule has 17 heteroatoms. The third kappa shape index (κ3) is 13.6. The van der Waals surface area contributed by atoms with E-state index in [4.69, 9.17) is 28.0 Å². The van der Waals surface area contributed by atoms with Gasteiger partial charge in [-0.2, -0.15) is 0 Å². The Hall–Kier alpha value is -4.93. The summed E-state index contributed by atoms with van der Waals surface area (Å²) in [5.41, 5.74) is 21.8. The molecule has 0 radical (unpaired) electrons. The number of nitrogens with two attached hydrogens (primary N) is 4. The zero-order valence-corrected chi connectivity index (χ0v) is 22.1. The van der Waals surface area contributed by atoms with Crippen LogP contribution in [0.3, 0.4) is 0 Å². The number of phenolic OH excluding ortho intramolecular Hbond substituents is 1. The number of hydrogen-bond donors (Lipinski definition) is 10. The number of benzene rings is 1. The van der Waals surface area contributed by atoms with Crippen LogP contribution in [0.25, 0.3) is 0 Å². The second-order valence-corrected chi connectivity index (χ2v) is 9.05. The molecule has 0 aliphatic carbocycles. The van der Waals surface area contributed by atoms with Crippen LogP contribution in [-0.2, 0) is 35.2 Å². The number of rotatable bonds is 18. The summed E-state index contributed by atoms with van der Waals surface area (Å²) in [6.07, 6.45) is -1.36. The molecule has 1 aromatic rings. The van der Waals surface area contributed by atoms with Crippen LogP contribution in [0.15, 0.2) is 29.3 Å². The van der Waals surface area contributed by atoms with Crippen LogP contribution in [0.2, 0.25) is 0 Å². The number of aliphatic carboxylic acids is 2. The number of amides is 4. The number of primary amides is 1. The standard InChI is InChI=1S/C24H36N8O9/c25-14(11-19(35)36)20(37)32-17(10-12-3-5-13(33)6-4-12)22(39)30-15(2-1-9-29-24(27)28)21(38)31-16(23(40)41)7-8-18(26)34/h3-6,14-17,33H,1-2,7-11,25H2,(H2,26,34)(H,30,39)(H,31,38)(H,32,37)(H,35,36)(H,40,41)(H4,27,28,29). The van der Waals surface area contributed by atoms with Crippen molar-refractivity contribution >= 4 is 41.5 Å². The van der Waals surface area contributed by atoms with Gasteiger partial charge in [0.15, 0.2) is 5.96 Å². The molecular weight excluding hydrogens is 544 g/mol. The highest BCUT2D eigenvalue weighted by Crippen LogP contribution is 2.12. The smallest absolute Gasteiger partial charge is 0.326 e. The molecule has 41 heavy (non-hydrogen) atoms. The fraction of sp³-hybridized carbons (Fsp3) is 0.458. The first-order valence-corrected chi connectivity index (χ1v) is 12.4. The zero-order valence-electron chi connectivity index (χ0n) is 22.1. The van der Waals surface area contributed by atoms with Gasteiger partial charge in [0, 0.05) is 19.4 Å². The van der Waals surface area contributed by atoms with E-state index in [2.05, 4.69) is 20.9 Å². The molecular formula is C24H36N8O9. The van der Waals surface area contributed by atoms with Gasteiger partial charge in [0.1, 0.15) is 23.9 Å². The van der Waals surface area contributed by atoms with E-state index in [9.17, 15) is 39.0 Å². The second kappa shape index (κ2) is 16.9. The van der Waals surface area contributed by atoms with Gasteiger partial charge in [0.2, 0.25) is 23.6 Å². The number of aliphatic imine (C=N–C) groups is 1. The highest BCUT2D eigenvalue weighted by atomic mass is 16.4. The number of nitrogens with one attached hydrogen (secondary N) is 3. The topological polar surface area (TPSA) is 316 Å². The van der Waals surface area contributed by atoms with Crippen molar-refractivity contribution in [2.75, 3.05) is 6.54 Å². The molecule has 0 aliphatic rings. The Labute approximate surface area is 234 Å². The predicted octanol–water partition coefficient (Wildman–Crippen LogP) is -3.41. The van der Waals surface area contributed by atoms with Crippen LogP contribution in [0.1, 0.15) is 37.7 Å². The molecule has 0 spiro atoms. The quantitative estimate of drug-likeness (QED) is 0.0461. The highest BCUT2D eigenvalue weighted by molar-refractivity contribution is 5.95. The minimum atomic E-state index is -1.49. The fourth-order valence-electron chi connectivity index (χ4n) is 3.50. The lowest BCUT2D eigenvalue weighted by Crippen LogP contribution is -2.57. The summed E-state index contributed by atoms with van der Waals surface area (Å²) in [5, 5.41) is 35.0. The van der Waals surface area contributed by atoms with Gasteiger partial charge in [-0.3, -0.25) is 29.0 Å². The van der Waals surface area contributed by atoms with Crippen molar-refractivity contribution in [1.82, 2.24) is 16.0 Å². The molecule has 14 N–H and O–H groups in total. The van der Waals surface area contributed by atoms with Gasteiger partial charge in [-0.1, -0.05) is 12.1 Å². The molecule has 0 saturated carbocycles. The average molecular weight is 581 g/mol. The van der Waals surface area contributed by atoms with E-state index in [0.29, 0.717) is 5.56 Å². The van der Waals surface area contributed by atoms with Crippen LogP contribution in [0.4, 0.5) is 0 Å². The van der Waals surface area contributed by atoms with Crippen molar-refractivity contribution < 1.29 is 44.1 Å². The molecule has 0 aromatic heterocycles. The summed E-state index contributed by atoms with van der Waals surface area (Å²) in [4.78, 5) is 76.4. The van der Waals surface area contributed by atoms with E-state index < -0.39 is 66.2 Å². The van der Waals surface area contributed by atoms with E-state index in [1.54, 1.807) is 0 Å². The first kappa shape index (κ1) is 34.1.